The van der Waals surface area contributed by atoms with Crippen molar-refractivity contribution in [2.75, 3.05) is 12.8 Å². The van der Waals surface area contributed by atoms with Crippen LogP contribution in [0.15, 0.2) is 17.4 Å². The summed E-state index contributed by atoms with van der Waals surface area (Å²) in [4.78, 5) is 19.4. The molecule has 1 aromatic rings. The van der Waals surface area contributed by atoms with Crippen molar-refractivity contribution in [3.05, 3.63) is 18.0 Å². The van der Waals surface area contributed by atoms with Gasteiger partial charge in [0.2, 0.25) is 0 Å². The fourth-order valence-corrected chi connectivity index (χ4v) is 2.22. The summed E-state index contributed by atoms with van der Waals surface area (Å²) in [5.41, 5.74) is 0.0220. The highest BCUT2D eigenvalue weighted by molar-refractivity contribution is 7.99. The van der Waals surface area contributed by atoms with Crippen molar-refractivity contribution in [3.8, 4) is 0 Å². The van der Waals surface area contributed by atoms with Gasteiger partial charge < -0.3 is 10.4 Å². The summed E-state index contributed by atoms with van der Waals surface area (Å²) in [6.07, 6.45) is 2.22. The van der Waals surface area contributed by atoms with Crippen LogP contribution in [0.25, 0.3) is 0 Å². The first-order chi connectivity index (χ1) is 7.98. The number of hydrogen-bond donors (Lipinski definition) is 2. The van der Waals surface area contributed by atoms with Gasteiger partial charge >= 0.3 is 5.97 Å². The molecule has 1 rings (SSSR count). The minimum atomic E-state index is -0.892. The average molecular weight is 255 g/mol. The van der Waals surface area contributed by atoms with Gasteiger partial charge in [0.15, 0.2) is 5.16 Å². The summed E-state index contributed by atoms with van der Waals surface area (Å²) in [5, 5.41) is 12.6. The number of nitrogens with zero attached hydrogens (tertiary/aromatic N) is 2. The van der Waals surface area contributed by atoms with Gasteiger partial charge in [0.25, 0.3) is 0 Å². The van der Waals surface area contributed by atoms with Crippen molar-refractivity contribution in [3.63, 3.8) is 0 Å². The van der Waals surface area contributed by atoms with E-state index in [1.165, 1.54) is 11.8 Å². The standard InChI is InChI=1S/C11H17N3O2S/c1-8-4-6-13-10(14-8)17-7-5-11(2,12-3)9(15)16/h4,6,12H,5,7H2,1-3H3,(H,15,16). The monoisotopic (exact) mass is 255 g/mol. The Morgan fingerprint density at radius 3 is 2.88 bits per heavy atom. The molecule has 0 saturated heterocycles. The molecule has 0 radical (unpaired) electrons. The second-order valence-electron chi connectivity index (χ2n) is 3.97. The van der Waals surface area contributed by atoms with Crippen LogP contribution in [-0.4, -0.2) is 39.4 Å². The highest BCUT2D eigenvalue weighted by Crippen LogP contribution is 2.18. The van der Waals surface area contributed by atoms with E-state index in [9.17, 15) is 4.79 Å². The summed E-state index contributed by atoms with van der Waals surface area (Å²) < 4.78 is 0. The molecule has 0 aromatic carbocycles. The maximum atomic E-state index is 11.0. The molecule has 0 spiro atoms. The molecule has 0 saturated carbocycles. The number of thioether (sulfide) groups is 1. The van der Waals surface area contributed by atoms with Gasteiger partial charge in [-0.15, -0.1) is 0 Å². The second kappa shape index (κ2) is 5.97. The number of aliphatic carboxylic acids is 1. The van der Waals surface area contributed by atoms with Crippen LogP contribution in [0, 0.1) is 6.92 Å². The number of aromatic nitrogens is 2. The largest absolute Gasteiger partial charge is 0.480 e. The Hall–Kier alpha value is -1.14. The van der Waals surface area contributed by atoms with Crippen LogP contribution in [0.5, 0.6) is 0 Å². The maximum absolute atomic E-state index is 11.0. The van der Waals surface area contributed by atoms with E-state index in [1.54, 1.807) is 20.2 Å². The molecule has 2 N–H and O–H groups in total. The number of carboxylic acid groups (broad SMARTS) is 1. The van der Waals surface area contributed by atoms with Gasteiger partial charge in [0.05, 0.1) is 0 Å². The normalized spacial score (nSPS) is 14.3. The van der Waals surface area contributed by atoms with E-state index in [-0.39, 0.29) is 0 Å². The lowest BCUT2D eigenvalue weighted by atomic mass is 10.00. The van der Waals surface area contributed by atoms with Crippen LogP contribution in [0.1, 0.15) is 19.0 Å². The van der Waals surface area contributed by atoms with Crippen LogP contribution in [0.4, 0.5) is 0 Å². The SMILES string of the molecule is CNC(C)(CCSc1nccc(C)n1)C(=O)O. The molecule has 17 heavy (non-hydrogen) atoms. The van der Waals surface area contributed by atoms with Gasteiger partial charge in [-0.05, 0) is 33.4 Å². The zero-order chi connectivity index (χ0) is 12.9. The highest BCUT2D eigenvalue weighted by Gasteiger charge is 2.30. The molecule has 6 heteroatoms. The smallest absolute Gasteiger partial charge is 0.323 e. The van der Waals surface area contributed by atoms with Gasteiger partial charge in [0, 0.05) is 17.6 Å². The fourth-order valence-electron chi connectivity index (χ4n) is 1.18. The summed E-state index contributed by atoms with van der Waals surface area (Å²) in [7, 11) is 1.65. The van der Waals surface area contributed by atoms with Crippen molar-refractivity contribution in [1.82, 2.24) is 15.3 Å². The van der Waals surface area contributed by atoms with E-state index in [0.717, 1.165) is 5.69 Å². The summed E-state index contributed by atoms with van der Waals surface area (Å²) in [6.45, 7) is 3.58. The molecule has 0 amide bonds. The lowest BCUT2D eigenvalue weighted by Gasteiger charge is -2.23. The van der Waals surface area contributed by atoms with Crippen LogP contribution in [0.2, 0.25) is 0 Å². The number of nitrogens with one attached hydrogen (secondary N) is 1. The second-order valence-corrected chi connectivity index (χ2v) is 5.03. The third-order valence-corrected chi connectivity index (χ3v) is 3.49. The first-order valence-electron chi connectivity index (χ1n) is 5.33. The van der Waals surface area contributed by atoms with Crippen LogP contribution < -0.4 is 5.32 Å². The predicted molar refractivity (Wildman–Crippen MR) is 67.2 cm³/mol. The van der Waals surface area contributed by atoms with Gasteiger partial charge in [-0.1, -0.05) is 11.8 Å². The highest BCUT2D eigenvalue weighted by atomic mass is 32.2. The Labute approximate surface area is 105 Å². The quantitative estimate of drug-likeness (QED) is 0.590. The van der Waals surface area contributed by atoms with Crippen molar-refractivity contribution in [2.45, 2.75) is 31.0 Å². The summed E-state index contributed by atoms with van der Waals surface area (Å²) in [6, 6.07) is 1.83. The van der Waals surface area contributed by atoms with E-state index >= 15 is 0 Å². The number of carbonyl (C=O) groups is 1. The molecular weight excluding hydrogens is 238 g/mol. The minimum Gasteiger partial charge on any atom is -0.480 e. The molecule has 1 unspecified atom stereocenters. The molecule has 0 fully saturated rings. The van der Waals surface area contributed by atoms with Gasteiger partial charge in [-0.3, -0.25) is 4.79 Å². The van der Waals surface area contributed by atoms with E-state index in [1.807, 2.05) is 13.0 Å². The molecule has 0 aliphatic rings. The Balaban J connectivity index is 2.50. The van der Waals surface area contributed by atoms with E-state index < -0.39 is 11.5 Å². The molecular formula is C11H17N3O2S. The number of aryl methyl sites for hydroxylation is 1. The summed E-state index contributed by atoms with van der Waals surface area (Å²) >= 11 is 1.47. The molecule has 1 atom stereocenters. The number of likely N-dealkylation sites (N-methyl/N-ethyl adjacent to an activating group) is 1. The zero-order valence-corrected chi connectivity index (χ0v) is 11.0. The van der Waals surface area contributed by atoms with Gasteiger partial charge in [-0.2, -0.15) is 0 Å². The number of hydrogen-bond acceptors (Lipinski definition) is 5. The first kappa shape index (κ1) is 13.9. The molecule has 94 valence electrons. The Kier molecular flexibility index (Phi) is 4.89. The number of rotatable bonds is 6. The molecule has 5 nitrogen and oxygen atoms in total. The Bertz CT molecular complexity index is 400. The molecule has 1 heterocycles. The molecule has 0 aliphatic carbocycles. The van der Waals surface area contributed by atoms with Gasteiger partial charge in [-0.25, -0.2) is 9.97 Å². The lowest BCUT2D eigenvalue weighted by molar-refractivity contribution is -0.144. The van der Waals surface area contributed by atoms with Crippen molar-refractivity contribution >= 4 is 17.7 Å². The van der Waals surface area contributed by atoms with Crippen molar-refractivity contribution in [2.24, 2.45) is 0 Å². The average Bonchev–Trinajstić information content (AvgIpc) is 2.28. The van der Waals surface area contributed by atoms with E-state index in [2.05, 4.69) is 15.3 Å². The van der Waals surface area contributed by atoms with Crippen LogP contribution in [0.3, 0.4) is 0 Å². The number of carboxylic acids is 1. The maximum Gasteiger partial charge on any atom is 0.323 e. The van der Waals surface area contributed by atoms with Crippen LogP contribution in [-0.2, 0) is 4.79 Å². The lowest BCUT2D eigenvalue weighted by Crippen LogP contribution is -2.47. The fraction of sp³-hybridized carbons (Fsp3) is 0.545. The Morgan fingerprint density at radius 1 is 1.65 bits per heavy atom. The minimum absolute atomic E-state index is 0.515. The molecule has 0 aliphatic heterocycles. The third-order valence-electron chi connectivity index (χ3n) is 2.63. The predicted octanol–water partition coefficient (Wildman–Crippen LogP) is 1.33. The zero-order valence-electron chi connectivity index (χ0n) is 10.2. The summed E-state index contributed by atoms with van der Waals surface area (Å²) in [5.74, 6) is -0.182. The first-order valence-corrected chi connectivity index (χ1v) is 6.31. The van der Waals surface area contributed by atoms with Crippen molar-refractivity contribution in [1.29, 1.82) is 0 Å². The Morgan fingerprint density at radius 2 is 2.35 bits per heavy atom. The van der Waals surface area contributed by atoms with E-state index in [0.29, 0.717) is 17.3 Å². The molecule has 0 bridgehead atoms. The van der Waals surface area contributed by atoms with Crippen LogP contribution >= 0.6 is 11.8 Å². The van der Waals surface area contributed by atoms with Gasteiger partial charge in [0.1, 0.15) is 5.54 Å². The van der Waals surface area contributed by atoms with Crippen molar-refractivity contribution < 1.29 is 9.90 Å². The van der Waals surface area contributed by atoms with E-state index in [4.69, 9.17) is 5.11 Å². The third kappa shape index (κ3) is 3.98. The topological polar surface area (TPSA) is 75.1 Å². The molecule has 1 aromatic heterocycles.